The predicted molar refractivity (Wildman–Crippen MR) is 99.9 cm³/mol. The van der Waals surface area contributed by atoms with Gasteiger partial charge in [-0.1, -0.05) is 23.4 Å². The number of imidazole rings is 1. The number of fused-ring (bicyclic) bond motifs is 1. The molecule has 1 aliphatic carbocycles. The van der Waals surface area contributed by atoms with E-state index < -0.39 is 6.17 Å². The number of amides is 1. The summed E-state index contributed by atoms with van der Waals surface area (Å²) in [5.41, 5.74) is 3.34. The number of halogens is 1. The fourth-order valence-electron chi connectivity index (χ4n) is 3.11. The summed E-state index contributed by atoms with van der Waals surface area (Å²) in [7, 11) is 0. The van der Waals surface area contributed by atoms with Gasteiger partial charge in [-0.2, -0.15) is 4.98 Å². The molecule has 7 nitrogen and oxygen atoms in total. The van der Waals surface area contributed by atoms with Crippen LogP contribution >= 0.6 is 0 Å². The van der Waals surface area contributed by atoms with Crippen molar-refractivity contribution in [1.29, 1.82) is 0 Å². The Morgan fingerprint density at radius 3 is 3.00 bits per heavy atom. The second kappa shape index (κ2) is 6.26. The summed E-state index contributed by atoms with van der Waals surface area (Å²) in [5, 5.41) is 6.86. The van der Waals surface area contributed by atoms with E-state index in [2.05, 4.69) is 20.4 Å². The van der Waals surface area contributed by atoms with Crippen LogP contribution in [-0.4, -0.2) is 31.6 Å². The third kappa shape index (κ3) is 2.83. The molecule has 5 rings (SSSR count). The monoisotopic (exact) mass is 377 g/mol. The van der Waals surface area contributed by atoms with Crippen LogP contribution in [0.2, 0.25) is 0 Å². The van der Waals surface area contributed by atoms with Crippen LogP contribution in [0.15, 0.2) is 53.3 Å². The van der Waals surface area contributed by atoms with E-state index in [9.17, 15) is 9.18 Å². The molecule has 3 heterocycles. The Labute approximate surface area is 159 Å². The maximum atomic E-state index is 13.2. The van der Waals surface area contributed by atoms with Crippen molar-refractivity contribution in [2.24, 2.45) is 0 Å². The zero-order valence-corrected chi connectivity index (χ0v) is 15.0. The molecule has 0 saturated heterocycles. The fourth-order valence-corrected chi connectivity index (χ4v) is 3.11. The van der Waals surface area contributed by atoms with Crippen LogP contribution in [0, 0.1) is 6.92 Å². The molecule has 1 aliphatic rings. The van der Waals surface area contributed by atoms with Crippen LogP contribution in [-0.2, 0) is 0 Å². The summed E-state index contributed by atoms with van der Waals surface area (Å²) >= 11 is 0. The van der Waals surface area contributed by atoms with Gasteiger partial charge in [0.15, 0.2) is 0 Å². The first kappa shape index (κ1) is 16.6. The van der Waals surface area contributed by atoms with Gasteiger partial charge in [0.05, 0.1) is 12.1 Å². The first-order chi connectivity index (χ1) is 13.6. The summed E-state index contributed by atoms with van der Waals surface area (Å²) in [5.74, 6) is 0.130. The number of alkyl halides is 1. The van der Waals surface area contributed by atoms with Gasteiger partial charge in [-0.15, -0.1) is 0 Å². The number of carbonyl (C=O) groups excluding carboxylic acids is 1. The van der Waals surface area contributed by atoms with E-state index in [4.69, 9.17) is 4.52 Å². The Kier molecular flexibility index (Phi) is 3.71. The van der Waals surface area contributed by atoms with Gasteiger partial charge < -0.3 is 9.84 Å². The van der Waals surface area contributed by atoms with Gasteiger partial charge in [0.25, 0.3) is 5.91 Å². The van der Waals surface area contributed by atoms with Gasteiger partial charge in [0.2, 0.25) is 11.7 Å². The van der Waals surface area contributed by atoms with E-state index in [1.807, 2.05) is 37.3 Å². The standard InChI is InChI=1S/C20H16FN5O2/c1-11-5-6-12(18-24-20(28-25-18)13-9-14(13)21)8-15(11)23-19(27)16-10-22-17-4-2-3-7-26(16)17/h2-8,10,13-14H,9H2,1H3,(H,23,27)/t13?,14-/m1/s1. The van der Waals surface area contributed by atoms with E-state index >= 15 is 0 Å². The fraction of sp³-hybridized carbons (Fsp3) is 0.200. The Morgan fingerprint density at radius 2 is 2.18 bits per heavy atom. The summed E-state index contributed by atoms with van der Waals surface area (Å²) in [6.07, 6.45) is 2.86. The minimum Gasteiger partial charge on any atom is -0.339 e. The van der Waals surface area contributed by atoms with Crippen LogP contribution in [0.1, 0.15) is 34.3 Å². The lowest BCUT2D eigenvalue weighted by Crippen LogP contribution is -2.15. The maximum absolute atomic E-state index is 13.2. The van der Waals surface area contributed by atoms with Crippen LogP contribution in [0.4, 0.5) is 10.1 Å². The number of aromatic nitrogens is 4. The van der Waals surface area contributed by atoms with Gasteiger partial charge in [-0.3, -0.25) is 9.20 Å². The van der Waals surface area contributed by atoms with Crippen molar-refractivity contribution < 1.29 is 13.7 Å². The molecule has 8 heteroatoms. The molecule has 2 atom stereocenters. The van der Waals surface area contributed by atoms with Crippen LogP contribution in [0.3, 0.4) is 0 Å². The number of rotatable bonds is 4. The minimum absolute atomic E-state index is 0.272. The smallest absolute Gasteiger partial charge is 0.274 e. The highest BCUT2D eigenvalue weighted by Gasteiger charge is 2.43. The molecule has 28 heavy (non-hydrogen) atoms. The maximum Gasteiger partial charge on any atom is 0.274 e. The summed E-state index contributed by atoms with van der Waals surface area (Å²) in [4.78, 5) is 21.3. The number of carbonyl (C=O) groups is 1. The Morgan fingerprint density at radius 1 is 1.32 bits per heavy atom. The molecule has 4 aromatic rings. The second-order valence-electron chi connectivity index (χ2n) is 6.87. The van der Waals surface area contributed by atoms with E-state index in [1.54, 1.807) is 22.9 Å². The van der Waals surface area contributed by atoms with Gasteiger partial charge in [-0.05, 0) is 37.1 Å². The average Bonchev–Trinajstić information content (AvgIpc) is 3.12. The van der Waals surface area contributed by atoms with E-state index in [0.29, 0.717) is 40.7 Å². The Balaban J connectivity index is 1.43. The third-order valence-electron chi connectivity index (χ3n) is 4.87. The number of aryl methyl sites for hydroxylation is 1. The topological polar surface area (TPSA) is 85.3 Å². The number of pyridine rings is 1. The lowest BCUT2D eigenvalue weighted by molar-refractivity contribution is 0.102. The molecule has 1 aromatic carbocycles. The summed E-state index contributed by atoms with van der Waals surface area (Å²) < 4.78 is 20.1. The molecule has 0 bridgehead atoms. The summed E-state index contributed by atoms with van der Waals surface area (Å²) in [6.45, 7) is 1.90. The van der Waals surface area contributed by atoms with Crippen LogP contribution in [0.25, 0.3) is 17.0 Å². The quantitative estimate of drug-likeness (QED) is 0.585. The lowest BCUT2D eigenvalue weighted by Gasteiger charge is -2.09. The molecule has 0 aliphatic heterocycles. The average molecular weight is 377 g/mol. The first-order valence-corrected chi connectivity index (χ1v) is 8.92. The molecule has 0 radical (unpaired) electrons. The van der Waals surface area contributed by atoms with Crippen LogP contribution < -0.4 is 5.32 Å². The molecule has 1 amide bonds. The Hall–Kier alpha value is -3.55. The first-order valence-electron chi connectivity index (χ1n) is 8.92. The van der Waals surface area contributed by atoms with Gasteiger partial charge >= 0.3 is 0 Å². The van der Waals surface area contributed by atoms with Gasteiger partial charge in [0, 0.05) is 17.4 Å². The Bertz CT molecular complexity index is 1200. The zero-order chi connectivity index (χ0) is 19.3. The van der Waals surface area contributed by atoms with Gasteiger partial charge in [-0.25, -0.2) is 9.37 Å². The van der Waals surface area contributed by atoms with E-state index in [0.717, 1.165) is 5.56 Å². The number of nitrogens with zero attached hydrogens (tertiary/aromatic N) is 4. The number of hydrogen-bond acceptors (Lipinski definition) is 5. The largest absolute Gasteiger partial charge is 0.339 e. The minimum atomic E-state index is -0.897. The molecule has 1 fully saturated rings. The lowest BCUT2D eigenvalue weighted by atomic mass is 10.1. The molecule has 1 saturated carbocycles. The van der Waals surface area contributed by atoms with Crippen molar-refractivity contribution in [2.45, 2.75) is 25.4 Å². The molecule has 1 N–H and O–H groups in total. The van der Waals surface area contributed by atoms with Crippen molar-refractivity contribution in [3.05, 3.63) is 65.9 Å². The number of nitrogens with one attached hydrogen (secondary N) is 1. The van der Waals surface area contributed by atoms with E-state index in [-0.39, 0.29) is 11.8 Å². The van der Waals surface area contributed by atoms with E-state index in [1.165, 1.54) is 0 Å². The van der Waals surface area contributed by atoms with Crippen molar-refractivity contribution in [3.8, 4) is 11.4 Å². The number of benzene rings is 1. The second-order valence-corrected chi connectivity index (χ2v) is 6.87. The zero-order valence-electron chi connectivity index (χ0n) is 15.0. The van der Waals surface area contributed by atoms with Crippen LogP contribution in [0.5, 0.6) is 0 Å². The molecule has 0 spiro atoms. The third-order valence-corrected chi connectivity index (χ3v) is 4.87. The SMILES string of the molecule is Cc1ccc(-c2noc(C3C[C@H]3F)n2)cc1NC(=O)c1cnc2ccccn12. The highest BCUT2D eigenvalue weighted by Crippen LogP contribution is 2.43. The van der Waals surface area contributed by atoms with Gasteiger partial charge in [0.1, 0.15) is 17.5 Å². The van der Waals surface area contributed by atoms with Crippen molar-refractivity contribution in [2.75, 3.05) is 5.32 Å². The van der Waals surface area contributed by atoms with Crippen molar-refractivity contribution in [3.63, 3.8) is 0 Å². The highest BCUT2D eigenvalue weighted by molar-refractivity contribution is 6.04. The predicted octanol–water partition coefficient (Wildman–Crippen LogP) is 3.77. The molecular weight excluding hydrogens is 361 g/mol. The summed E-state index contributed by atoms with van der Waals surface area (Å²) in [6, 6.07) is 11.0. The number of anilines is 1. The molecule has 140 valence electrons. The highest BCUT2D eigenvalue weighted by atomic mass is 19.1. The number of hydrogen-bond donors (Lipinski definition) is 1. The van der Waals surface area contributed by atoms with Crippen molar-refractivity contribution in [1.82, 2.24) is 19.5 Å². The molecule has 3 aromatic heterocycles. The molecule has 1 unspecified atom stereocenters. The normalized spacial score (nSPS) is 18.4. The molecular formula is C20H16FN5O2. The van der Waals surface area contributed by atoms with Crippen molar-refractivity contribution >= 4 is 17.2 Å².